The molecule has 0 aliphatic carbocycles. The van der Waals surface area contributed by atoms with Gasteiger partial charge in [-0.25, -0.2) is 0 Å². The van der Waals surface area contributed by atoms with Crippen LogP contribution in [0.15, 0.2) is 33.3 Å². The molecule has 0 bridgehead atoms. The lowest BCUT2D eigenvalue weighted by molar-refractivity contribution is -0.117. The Labute approximate surface area is 143 Å². The lowest BCUT2D eigenvalue weighted by Crippen LogP contribution is -2.32. The van der Waals surface area contributed by atoms with E-state index in [1.807, 2.05) is 25.1 Å². The van der Waals surface area contributed by atoms with Gasteiger partial charge in [-0.15, -0.1) is 0 Å². The van der Waals surface area contributed by atoms with Crippen molar-refractivity contribution in [2.75, 3.05) is 16.8 Å². The van der Waals surface area contributed by atoms with Gasteiger partial charge in [-0.05, 0) is 47.5 Å². The SMILES string of the molecule is CC(=O)N(CCC(=O)Nc1ccc(C)cc1Br)c1cc(C)on1. The second kappa shape index (κ2) is 7.41. The van der Waals surface area contributed by atoms with Crippen molar-refractivity contribution < 1.29 is 14.1 Å². The summed E-state index contributed by atoms with van der Waals surface area (Å²) in [6, 6.07) is 7.34. The van der Waals surface area contributed by atoms with E-state index in [9.17, 15) is 9.59 Å². The molecule has 0 atom stereocenters. The summed E-state index contributed by atoms with van der Waals surface area (Å²) in [4.78, 5) is 25.2. The van der Waals surface area contributed by atoms with Gasteiger partial charge >= 0.3 is 0 Å². The normalized spacial score (nSPS) is 10.4. The highest BCUT2D eigenvalue weighted by Crippen LogP contribution is 2.23. The third kappa shape index (κ3) is 4.66. The predicted octanol–water partition coefficient (Wildman–Crippen LogP) is 3.44. The highest BCUT2D eigenvalue weighted by Gasteiger charge is 2.17. The molecule has 2 rings (SSSR count). The number of carbonyl (C=O) groups is 2. The topological polar surface area (TPSA) is 75.4 Å². The average Bonchev–Trinajstić information content (AvgIpc) is 2.88. The highest BCUT2D eigenvalue weighted by atomic mass is 79.9. The van der Waals surface area contributed by atoms with Gasteiger partial charge in [0.15, 0.2) is 5.82 Å². The number of hydrogen-bond acceptors (Lipinski definition) is 4. The van der Waals surface area contributed by atoms with Crippen LogP contribution in [-0.2, 0) is 9.59 Å². The van der Waals surface area contributed by atoms with Crippen LogP contribution in [0.25, 0.3) is 0 Å². The Morgan fingerprint density at radius 2 is 2.04 bits per heavy atom. The predicted molar refractivity (Wildman–Crippen MR) is 91.4 cm³/mol. The van der Waals surface area contributed by atoms with Crippen LogP contribution in [0.1, 0.15) is 24.7 Å². The number of aryl methyl sites for hydroxylation is 2. The summed E-state index contributed by atoms with van der Waals surface area (Å²) in [5, 5.41) is 6.63. The molecule has 2 amide bonds. The number of benzene rings is 1. The molecule has 0 radical (unpaired) electrons. The minimum Gasteiger partial charge on any atom is -0.360 e. The molecule has 1 heterocycles. The first-order chi connectivity index (χ1) is 10.9. The van der Waals surface area contributed by atoms with Gasteiger partial charge in [-0.3, -0.25) is 14.5 Å². The largest absolute Gasteiger partial charge is 0.360 e. The van der Waals surface area contributed by atoms with Crippen molar-refractivity contribution in [2.45, 2.75) is 27.2 Å². The van der Waals surface area contributed by atoms with E-state index in [0.29, 0.717) is 17.3 Å². The third-order valence-electron chi connectivity index (χ3n) is 3.23. The van der Waals surface area contributed by atoms with Crippen LogP contribution < -0.4 is 10.2 Å². The van der Waals surface area contributed by atoms with Crippen molar-refractivity contribution >= 4 is 39.2 Å². The summed E-state index contributed by atoms with van der Waals surface area (Å²) < 4.78 is 5.80. The monoisotopic (exact) mass is 379 g/mol. The first-order valence-corrected chi connectivity index (χ1v) is 7.93. The zero-order valence-electron chi connectivity index (χ0n) is 13.2. The fourth-order valence-electron chi connectivity index (χ4n) is 2.06. The molecule has 23 heavy (non-hydrogen) atoms. The molecule has 0 saturated carbocycles. The number of amides is 2. The quantitative estimate of drug-likeness (QED) is 0.862. The minimum atomic E-state index is -0.192. The van der Waals surface area contributed by atoms with Crippen LogP contribution >= 0.6 is 15.9 Å². The zero-order valence-corrected chi connectivity index (χ0v) is 14.8. The lowest BCUT2D eigenvalue weighted by atomic mass is 10.2. The van der Waals surface area contributed by atoms with Gasteiger partial charge in [0.1, 0.15) is 5.76 Å². The molecule has 7 heteroatoms. The van der Waals surface area contributed by atoms with Gasteiger partial charge < -0.3 is 9.84 Å². The Kier molecular flexibility index (Phi) is 5.54. The number of aromatic nitrogens is 1. The molecular weight excluding hydrogens is 362 g/mol. The molecule has 0 fully saturated rings. The fourth-order valence-corrected chi connectivity index (χ4v) is 2.65. The van der Waals surface area contributed by atoms with Gasteiger partial charge in [-0.2, -0.15) is 0 Å². The van der Waals surface area contributed by atoms with Gasteiger partial charge in [0.05, 0.1) is 5.69 Å². The molecule has 0 spiro atoms. The van der Waals surface area contributed by atoms with Crippen LogP contribution in [0.5, 0.6) is 0 Å². The summed E-state index contributed by atoms with van der Waals surface area (Å²) in [5.74, 6) is 0.655. The Balaban J connectivity index is 1.98. The van der Waals surface area contributed by atoms with Crippen LogP contribution in [0.3, 0.4) is 0 Å². The van der Waals surface area contributed by atoms with Crippen molar-refractivity contribution in [2.24, 2.45) is 0 Å². The fraction of sp³-hybridized carbons (Fsp3) is 0.312. The zero-order chi connectivity index (χ0) is 17.0. The Bertz CT molecular complexity index is 727. The summed E-state index contributed by atoms with van der Waals surface area (Å²) in [6.07, 6.45) is 0.159. The number of carbonyl (C=O) groups excluding carboxylic acids is 2. The van der Waals surface area contributed by atoms with Crippen molar-refractivity contribution in [1.82, 2.24) is 5.16 Å². The van der Waals surface area contributed by atoms with Crippen LogP contribution in [0, 0.1) is 13.8 Å². The van der Waals surface area contributed by atoms with Crippen molar-refractivity contribution in [3.63, 3.8) is 0 Å². The number of rotatable bonds is 5. The first kappa shape index (κ1) is 17.2. The molecule has 0 aliphatic rings. The number of anilines is 2. The van der Waals surface area contributed by atoms with E-state index in [1.165, 1.54) is 11.8 Å². The van der Waals surface area contributed by atoms with Crippen LogP contribution in [0.4, 0.5) is 11.5 Å². The molecular formula is C16H18BrN3O3. The molecule has 122 valence electrons. The summed E-state index contributed by atoms with van der Waals surface area (Å²) in [5.41, 5.74) is 1.80. The molecule has 1 N–H and O–H groups in total. The van der Waals surface area contributed by atoms with Crippen molar-refractivity contribution in [1.29, 1.82) is 0 Å². The van der Waals surface area contributed by atoms with Crippen molar-refractivity contribution in [3.05, 3.63) is 40.1 Å². The smallest absolute Gasteiger partial charge is 0.226 e. The maximum atomic E-state index is 12.1. The number of hydrogen-bond donors (Lipinski definition) is 1. The average molecular weight is 380 g/mol. The van der Waals surface area contributed by atoms with Crippen LogP contribution in [-0.4, -0.2) is 23.5 Å². The second-order valence-electron chi connectivity index (χ2n) is 5.25. The van der Waals surface area contributed by atoms with E-state index in [2.05, 4.69) is 26.4 Å². The van der Waals surface area contributed by atoms with E-state index in [1.54, 1.807) is 13.0 Å². The summed E-state index contributed by atoms with van der Waals surface area (Å²) in [7, 11) is 0. The number of halogens is 1. The Hall–Kier alpha value is -2.15. The Morgan fingerprint density at radius 3 is 2.61 bits per heavy atom. The standard InChI is InChI=1S/C16H18BrN3O3/c1-10-4-5-14(13(17)8-10)18-16(22)6-7-20(12(3)21)15-9-11(2)23-19-15/h4-5,8-9H,6-7H2,1-3H3,(H,18,22). The first-order valence-electron chi connectivity index (χ1n) is 7.14. The molecule has 6 nitrogen and oxygen atoms in total. The summed E-state index contributed by atoms with van der Waals surface area (Å²) in [6.45, 7) is 5.38. The van der Waals surface area contributed by atoms with E-state index in [-0.39, 0.29) is 24.8 Å². The lowest BCUT2D eigenvalue weighted by Gasteiger charge is -2.17. The summed E-state index contributed by atoms with van der Waals surface area (Å²) >= 11 is 3.42. The molecule has 2 aromatic rings. The molecule has 0 aliphatic heterocycles. The van der Waals surface area contributed by atoms with E-state index < -0.39 is 0 Å². The van der Waals surface area contributed by atoms with Crippen molar-refractivity contribution in [3.8, 4) is 0 Å². The molecule has 1 aromatic heterocycles. The number of nitrogens with zero attached hydrogens (tertiary/aromatic N) is 2. The molecule has 0 saturated heterocycles. The maximum Gasteiger partial charge on any atom is 0.226 e. The third-order valence-corrected chi connectivity index (χ3v) is 3.89. The van der Waals surface area contributed by atoms with E-state index in [0.717, 1.165) is 10.0 Å². The Morgan fingerprint density at radius 1 is 1.30 bits per heavy atom. The van der Waals surface area contributed by atoms with E-state index >= 15 is 0 Å². The van der Waals surface area contributed by atoms with E-state index in [4.69, 9.17) is 4.52 Å². The minimum absolute atomic E-state index is 0.159. The second-order valence-corrected chi connectivity index (χ2v) is 6.10. The molecule has 1 aromatic carbocycles. The van der Waals surface area contributed by atoms with Crippen LogP contribution in [0.2, 0.25) is 0 Å². The van der Waals surface area contributed by atoms with Gasteiger partial charge in [0.25, 0.3) is 0 Å². The van der Waals surface area contributed by atoms with Gasteiger partial charge in [0, 0.05) is 30.4 Å². The molecule has 0 unspecified atom stereocenters. The van der Waals surface area contributed by atoms with Gasteiger partial charge in [0.2, 0.25) is 11.8 Å². The maximum absolute atomic E-state index is 12.1. The highest BCUT2D eigenvalue weighted by molar-refractivity contribution is 9.10. The number of nitrogens with one attached hydrogen (secondary N) is 1. The van der Waals surface area contributed by atoms with Gasteiger partial charge in [-0.1, -0.05) is 11.2 Å².